The minimum Gasteiger partial charge on any atom is -0.384 e. The van der Waals surface area contributed by atoms with E-state index in [-0.39, 0.29) is 11.7 Å². The summed E-state index contributed by atoms with van der Waals surface area (Å²) >= 11 is 3.15. The molecule has 1 aliphatic heterocycles. The van der Waals surface area contributed by atoms with Gasteiger partial charge < -0.3 is 15.4 Å². The number of rotatable bonds is 4. The molecule has 1 saturated heterocycles. The van der Waals surface area contributed by atoms with Gasteiger partial charge in [0.2, 0.25) is 5.91 Å². The maximum Gasteiger partial charge on any atom is 0.233 e. The molecule has 0 bridgehead atoms. The van der Waals surface area contributed by atoms with Crippen molar-refractivity contribution < 1.29 is 13.9 Å². The number of benzene rings is 1. The summed E-state index contributed by atoms with van der Waals surface area (Å²) in [4.78, 5) is 12.7. The van der Waals surface area contributed by atoms with E-state index < -0.39 is 5.41 Å². The van der Waals surface area contributed by atoms with Crippen LogP contribution in [-0.4, -0.2) is 32.7 Å². The molecule has 0 radical (unpaired) electrons. The number of amides is 1. The van der Waals surface area contributed by atoms with E-state index in [1.54, 1.807) is 20.1 Å². The van der Waals surface area contributed by atoms with Crippen molar-refractivity contribution in [2.24, 2.45) is 5.41 Å². The van der Waals surface area contributed by atoms with Crippen molar-refractivity contribution >= 4 is 27.5 Å². The highest BCUT2D eigenvalue weighted by Crippen LogP contribution is 2.32. The molecule has 0 spiro atoms. The Bertz CT molecular complexity index is 525. The summed E-state index contributed by atoms with van der Waals surface area (Å²) in [5.41, 5.74) is 0.806. The topological polar surface area (TPSA) is 50.4 Å². The quantitative estimate of drug-likeness (QED) is 0.869. The second-order valence-electron chi connectivity index (χ2n) is 5.50. The second kappa shape index (κ2) is 6.85. The largest absolute Gasteiger partial charge is 0.384 e. The summed E-state index contributed by atoms with van der Waals surface area (Å²) in [6.07, 6.45) is 1.46. The molecule has 0 aromatic heterocycles. The lowest BCUT2D eigenvalue weighted by Crippen LogP contribution is -2.47. The first-order valence-corrected chi connectivity index (χ1v) is 7.74. The number of hydrogen-bond donors (Lipinski definition) is 2. The van der Waals surface area contributed by atoms with Gasteiger partial charge in [0.1, 0.15) is 5.82 Å². The molecule has 1 amide bonds. The van der Waals surface area contributed by atoms with Crippen molar-refractivity contribution in [3.05, 3.63) is 28.0 Å². The number of anilines is 1. The summed E-state index contributed by atoms with van der Waals surface area (Å²) in [5, 5.41) is 6.18. The fourth-order valence-corrected chi connectivity index (χ4v) is 3.00. The summed E-state index contributed by atoms with van der Waals surface area (Å²) in [6, 6.07) is 3.01. The van der Waals surface area contributed by atoms with E-state index in [9.17, 15) is 9.18 Å². The molecule has 1 aromatic rings. The molecule has 2 rings (SSSR count). The number of methoxy groups -OCH3 is 1. The number of piperidine rings is 1. The monoisotopic (exact) mass is 358 g/mol. The Labute approximate surface area is 132 Å². The first-order valence-electron chi connectivity index (χ1n) is 6.95. The van der Waals surface area contributed by atoms with E-state index in [1.165, 1.54) is 6.07 Å². The average molecular weight is 359 g/mol. The van der Waals surface area contributed by atoms with Crippen LogP contribution in [0.4, 0.5) is 10.1 Å². The predicted octanol–water partition coefficient (Wildman–Crippen LogP) is 2.85. The van der Waals surface area contributed by atoms with Gasteiger partial charge in [-0.25, -0.2) is 4.39 Å². The van der Waals surface area contributed by atoms with Crippen molar-refractivity contribution in [1.82, 2.24) is 5.32 Å². The van der Waals surface area contributed by atoms with Crippen LogP contribution in [0.15, 0.2) is 16.6 Å². The molecular formula is C15H20BrFN2O2. The minimum absolute atomic E-state index is 0.0625. The van der Waals surface area contributed by atoms with Gasteiger partial charge in [-0.05, 0) is 66.5 Å². The molecule has 1 heterocycles. The SMILES string of the molecule is COCC1(C(=O)Nc2cc(Br)c(F)cc2C)CCNCC1. The number of carbonyl (C=O) groups is 1. The van der Waals surface area contributed by atoms with Crippen LogP contribution in [0.3, 0.4) is 0 Å². The molecule has 1 aromatic carbocycles. The van der Waals surface area contributed by atoms with Gasteiger partial charge >= 0.3 is 0 Å². The molecule has 6 heteroatoms. The third-order valence-electron chi connectivity index (χ3n) is 3.98. The van der Waals surface area contributed by atoms with Crippen LogP contribution in [0.25, 0.3) is 0 Å². The van der Waals surface area contributed by atoms with E-state index in [1.807, 2.05) is 0 Å². The van der Waals surface area contributed by atoms with Gasteiger partial charge in [-0.1, -0.05) is 0 Å². The Hall–Kier alpha value is -0.980. The molecule has 1 aliphatic rings. The zero-order valence-corrected chi connectivity index (χ0v) is 13.8. The number of aryl methyl sites for hydroxylation is 1. The minimum atomic E-state index is -0.521. The van der Waals surface area contributed by atoms with E-state index in [0.29, 0.717) is 22.3 Å². The first kappa shape index (κ1) is 16.4. The highest BCUT2D eigenvalue weighted by atomic mass is 79.9. The molecular weight excluding hydrogens is 339 g/mol. The molecule has 0 aliphatic carbocycles. The Kier molecular flexibility index (Phi) is 5.35. The van der Waals surface area contributed by atoms with Gasteiger partial charge in [-0.3, -0.25) is 4.79 Å². The Morgan fingerprint density at radius 3 is 2.76 bits per heavy atom. The van der Waals surface area contributed by atoms with E-state index >= 15 is 0 Å². The van der Waals surface area contributed by atoms with Gasteiger partial charge in [0, 0.05) is 12.8 Å². The fourth-order valence-electron chi connectivity index (χ4n) is 2.65. The van der Waals surface area contributed by atoms with Gasteiger partial charge in [-0.2, -0.15) is 0 Å². The average Bonchev–Trinajstić information content (AvgIpc) is 2.46. The fraction of sp³-hybridized carbons (Fsp3) is 0.533. The van der Waals surface area contributed by atoms with Gasteiger partial charge in [0.25, 0.3) is 0 Å². The second-order valence-corrected chi connectivity index (χ2v) is 6.35. The maximum absolute atomic E-state index is 13.5. The lowest BCUT2D eigenvalue weighted by atomic mass is 9.78. The smallest absolute Gasteiger partial charge is 0.233 e. The van der Waals surface area contributed by atoms with Crippen LogP contribution in [-0.2, 0) is 9.53 Å². The molecule has 4 nitrogen and oxygen atoms in total. The van der Waals surface area contributed by atoms with Gasteiger partial charge in [-0.15, -0.1) is 0 Å². The van der Waals surface area contributed by atoms with Gasteiger partial charge in [0.05, 0.1) is 16.5 Å². The standard InChI is InChI=1S/C15H20BrFN2O2/c1-10-7-12(17)11(16)8-13(10)19-14(20)15(9-21-2)3-5-18-6-4-15/h7-8,18H,3-6,9H2,1-2H3,(H,19,20). The summed E-state index contributed by atoms with van der Waals surface area (Å²) in [5.74, 6) is -0.397. The van der Waals surface area contributed by atoms with Crippen molar-refractivity contribution in [1.29, 1.82) is 0 Å². The third kappa shape index (κ3) is 3.62. The van der Waals surface area contributed by atoms with E-state index in [2.05, 4.69) is 26.6 Å². The normalized spacial score (nSPS) is 17.5. The molecule has 2 N–H and O–H groups in total. The number of nitrogens with one attached hydrogen (secondary N) is 2. The van der Waals surface area contributed by atoms with Gasteiger partial charge in [0.15, 0.2) is 0 Å². The Morgan fingerprint density at radius 2 is 2.14 bits per heavy atom. The van der Waals surface area contributed by atoms with Crippen molar-refractivity contribution in [3.63, 3.8) is 0 Å². The molecule has 116 valence electrons. The number of ether oxygens (including phenoxy) is 1. The highest BCUT2D eigenvalue weighted by molar-refractivity contribution is 9.10. The third-order valence-corrected chi connectivity index (χ3v) is 4.59. The Balaban J connectivity index is 2.21. The van der Waals surface area contributed by atoms with Crippen LogP contribution >= 0.6 is 15.9 Å². The summed E-state index contributed by atoms with van der Waals surface area (Å²) in [6.45, 7) is 3.75. The van der Waals surface area contributed by atoms with Crippen LogP contribution in [0.1, 0.15) is 18.4 Å². The first-order chi connectivity index (χ1) is 9.98. The Morgan fingerprint density at radius 1 is 1.48 bits per heavy atom. The molecule has 0 unspecified atom stereocenters. The van der Waals surface area contributed by atoms with E-state index in [4.69, 9.17) is 4.74 Å². The van der Waals surface area contributed by atoms with Crippen molar-refractivity contribution in [3.8, 4) is 0 Å². The van der Waals surface area contributed by atoms with Crippen molar-refractivity contribution in [2.45, 2.75) is 19.8 Å². The lowest BCUT2D eigenvalue weighted by molar-refractivity contribution is -0.130. The molecule has 0 saturated carbocycles. The van der Waals surface area contributed by atoms with Crippen LogP contribution < -0.4 is 10.6 Å². The van der Waals surface area contributed by atoms with Crippen LogP contribution in [0.5, 0.6) is 0 Å². The number of carbonyl (C=O) groups excluding carboxylic acids is 1. The molecule has 1 fully saturated rings. The lowest BCUT2D eigenvalue weighted by Gasteiger charge is -2.35. The van der Waals surface area contributed by atoms with Crippen LogP contribution in [0.2, 0.25) is 0 Å². The zero-order valence-electron chi connectivity index (χ0n) is 12.3. The van der Waals surface area contributed by atoms with Crippen molar-refractivity contribution in [2.75, 3.05) is 32.1 Å². The number of halogens is 2. The summed E-state index contributed by atoms with van der Waals surface area (Å²) < 4.78 is 19.1. The van der Waals surface area contributed by atoms with E-state index in [0.717, 1.165) is 25.9 Å². The number of hydrogen-bond acceptors (Lipinski definition) is 3. The molecule has 21 heavy (non-hydrogen) atoms. The maximum atomic E-state index is 13.5. The summed E-state index contributed by atoms with van der Waals surface area (Å²) in [7, 11) is 1.61. The highest BCUT2D eigenvalue weighted by Gasteiger charge is 2.39. The molecule has 0 atom stereocenters. The zero-order chi connectivity index (χ0) is 15.5. The van der Waals surface area contributed by atoms with Crippen LogP contribution in [0, 0.1) is 18.2 Å². The predicted molar refractivity (Wildman–Crippen MR) is 83.9 cm³/mol.